The SMILES string of the molecule is Cn1nc(CC(=O)N2CCc3cc(Br)ccc32)c2ccccc2c1=O. The minimum Gasteiger partial charge on any atom is -0.311 e. The quantitative estimate of drug-likeness (QED) is 0.667. The van der Waals surface area contributed by atoms with Crippen LogP contribution in [0.4, 0.5) is 5.69 Å². The van der Waals surface area contributed by atoms with E-state index in [4.69, 9.17) is 0 Å². The van der Waals surface area contributed by atoms with Crippen molar-refractivity contribution in [1.29, 1.82) is 0 Å². The highest BCUT2D eigenvalue weighted by molar-refractivity contribution is 9.10. The molecule has 25 heavy (non-hydrogen) atoms. The van der Waals surface area contributed by atoms with Gasteiger partial charge in [0.15, 0.2) is 0 Å². The summed E-state index contributed by atoms with van der Waals surface area (Å²) in [5, 5.41) is 5.67. The number of benzene rings is 2. The van der Waals surface area contributed by atoms with Gasteiger partial charge in [0.05, 0.1) is 17.5 Å². The molecule has 0 unspecified atom stereocenters. The van der Waals surface area contributed by atoms with Crippen LogP contribution in [-0.4, -0.2) is 22.2 Å². The van der Waals surface area contributed by atoms with Crippen LogP contribution in [0.1, 0.15) is 11.3 Å². The molecule has 1 aromatic heterocycles. The molecular formula is C19H16BrN3O2. The maximum absolute atomic E-state index is 12.9. The van der Waals surface area contributed by atoms with E-state index in [-0.39, 0.29) is 17.9 Å². The molecule has 1 amide bonds. The summed E-state index contributed by atoms with van der Waals surface area (Å²) in [6.45, 7) is 0.675. The molecule has 1 aliphatic rings. The predicted molar refractivity (Wildman–Crippen MR) is 101 cm³/mol. The molecule has 126 valence electrons. The Kier molecular flexibility index (Phi) is 3.92. The van der Waals surface area contributed by atoms with E-state index in [1.165, 1.54) is 10.2 Å². The smallest absolute Gasteiger partial charge is 0.274 e. The highest BCUT2D eigenvalue weighted by Crippen LogP contribution is 2.31. The fourth-order valence-electron chi connectivity index (χ4n) is 3.37. The zero-order chi connectivity index (χ0) is 17.6. The summed E-state index contributed by atoms with van der Waals surface area (Å²) >= 11 is 3.47. The normalized spacial score (nSPS) is 13.3. The van der Waals surface area contributed by atoms with Crippen LogP contribution >= 0.6 is 15.9 Å². The molecule has 0 fully saturated rings. The summed E-state index contributed by atoms with van der Waals surface area (Å²) < 4.78 is 2.33. The lowest BCUT2D eigenvalue weighted by Crippen LogP contribution is -2.31. The molecule has 0 spiro atoms. The number of amides is 1. The Morgan fingerprint density at radius 2 is 1.96 bits per heavy atom. The monoisotopic (exact) mass is 397 g/mol. The van der Waals surface area contributed by atoms with E-state index in [1.807, 2.05) is 35.2 Å². The van der Waals surface area contributed by atoms with Crippen LogP contribution in [0.2, 0.25) is 0 Å². The van der Waals surface area contributed by atoms with Gasteiger partial charge in [0, 0.05) is 29.1 Å². The number of hydrogen-bond donors (Lipinski definition) is 0. The van der Waals surface area contributed by atoms with Gasteiger partial charge in [0.2, 0.25) is 5.91 Å². The predicted octanol–water partition coefficient (Wildman–Crippen LogP) is 2.83. The molecule has 0 aliphatic carbocycles. The molecule has 0 saturated heterocycles. The molecule has 1 aliphatic heterocycles. The fraction of sp³-hybridized carbons (Fsp3) is 0.211. The van der Waals surface area contributed by atoms with Crippen molar-refractivity contribution in [1.82, 2.24) is 9.78 Å². The molecule has 0 atom stereocenters. The van der Waals surface area contributed by atoms with E-state index < -0.39 is 0 Å². The lowest BCUT2D eigenvalue weighted by molar-refractivity contribution is -0.117. The molecule has 3 aromatic rings. The molecule has 0 bridgehead atoms. The molecular weight excluding hydrogens is 382 g/mol. The third kappa shape index (κ3) is 2.76. The second kappa shape index (κ2) is 6.11. The van der Waals surface area contributed by atoms with Gasteiger partial charge in [0.25, 0.3) is 5.56 Å². The number of carbonyl (C=O) groups excluding carboxylic acids is 1. The number of nitrogens with zero attached hydrogens (tertiary/aromatic N) is 3. The summed E-state index contributed by atoms with van der Waals surface area (Å²) in [7, 11) is 1.62. The van der Waals surface area contributed by atoms with E-state index in [0.29, 0.717) is 17.6 Å². The second-order valence-corrected chi connectivity index (χ2v) is 7.08. The maximum atomic E-state index is 12.9. The number of carbonyl (C=O) groups is 1. The van der Waals surface area contributed by atoms with Crippen molar-refractivity contribution in [2.75, 3.05) is 11.4 Å². The minimum atomic E-state index is -0.150. The van der Waals surface area contributed by atoms with Crippen molar-refractivity contribution in [2.45, 2.75) is 12.8 Å². The Labute approximate surface area is 153 Å². The fourth-order valence-corrected chi connectivity index (χ4v) is 3.78. The summed E-state index contributed by atoms with van der Waals surface area (Å²) in [5.74, 6) is -0.00243. The lowest BCUT2D eigenvalue weighted by Gasteiger charge is -2.18. The third-order valence-electron chi connectivity index (χ3n) is 4.59. The first-order chi connectivity index (χ1) is 12.0. The summed E-state index contributed by atoms with van der Waals surface area (Å²) in [6, 6.07) is 13.3. The van der Waals surface area contributed by atoms with E-state index in [2.05, 4.69) is 27.1 Å². The van der Waals surface area contributed by atoms with Gasteiger partial charge >= 0.3 is 0 Å². The minimum absolute atomic E-state index is 0.00243. The van der Waals surface area contributed by atoms with Gasteiger partial charge in [-0.2, -0.15) is 5.10 Å². The summed E-state index contributed by atoms with van der Waals surface area (Å²) in [5.41, 5.74) is 2.61. The summed E-state index contributed by atoms with van der Waals surface area (Å²) in [6.07, 6.45) is 1.02. The zero-order valence-corrected chi connectivity index (χ0v) is 15.3. The first-order valence-corrected chi connectivity index (χ1v) is 8.87. The summed E-state index contributed by atoms with van der Waals surface area (Å²) in [4.78, 5) is 26.9. The third-order valence-corrected chi connectivity index (χ3v) is 5.08. The van der Waals surface area contributed by atoms with Crippen molar-refractivity contribution in [3.05, 3.63) is 68.5 Å². The first kappa shape index (κ1) is 16.0. The molecule has 5 nitrogen and oxygen atoms in total. The van der Waals surface area contributed by atoms with Crippen molar-refractivity contribution < 1.29 is 4.79 Å². The van der Waals surface area contributed by atoms with Crippen LogP contribution in [0.5, 0.6) is 0 Å². The van der Waals surface area contributed by atoms with Crippen molar-refractivity contribution in [2.24, 2.45) is 7.05 Å². The Hall–Kier alpha value is -2.47. The van der Waals surface area contributed by atoms with Crippen LogP contribution in [-0.2, 0) is 24.7 Å². The van der Waals surface area contributed by atoms with Gasteiger partial charge < -0.3 is 4.90 Å². The first-order valence-electron chi connectivity index (χ1n) is 8.08. The number of hydrogen-bond acceptors (Lipinski definition) is 3. The second-order valence-electron chi connectivity index (χ2n) is 6.17. The van der Waals surface area contributed by atoms with Gasteiger partial charge in [-0.25, -0.2) is 4.68 Å². The van der Waals surface area contributed by atoms with E-state index >= 15 is 0 Å². The Bertz CT molecular complexity index is 1060. The van der Waals surface area contributed by atoms with Crippen LogP contribution in [0.15, 0.2) is 51.7 Å². The average Bonchev–Trinajstić information content (AvgIpc) is 3.02. The highest BCUT2D eigenvalue weighted by atomic mass is 79.9. The number of rotatable bonds is 2. The number of anilines is 1. The topological polar surface area (TPSA) is 55.2 Å². The number of aryl methyl sites for hydroxylation is 1. The van der Waals surface area contributed by atoms with Crippen LogP contribution in [0.3, 0.4) is 0 Å². The molecule has 0 saturated carbocycles. The van der Waals surface area contributed by atoms with Gasteiger partial charge in [0.1, 0.15) is 0 Å². The van der Waals surface area contributed by atoms with Crippen molar-refractivity contribution in [3.8, 4) is 0 Å². The van der Waals surface area contributed by atoms with Crippen LogP contribution in [0.25, 0.3) is 10.8 Å². The number of fused-ring (bicyclic) bond motifs is 2. The molecule has 2 aromatic carbocycles. The molecule has 0 N–H and O–H groups in total. The standard InChI is InChI=1S/C19H16BrN3O2/c1-22-19(25)15-5-3-2-4-14(15)16(21-22)11-18(24)23-9-8-12-10-13(20)6-7-17(12)23/h2-7,10H,8-9,11H2,1H3. The number of aromatic nitrogens is 2. The number of halogens is 1. The van der Waals surface area contributed by atoms with Gasteiger partial charge in [-0.05, 0) is 36.2 Å². The van der Waals surface area contributed by atoms with Crippen LogP contribution in [0, 0.1) is 0 Å². The van der Waals surface area contributed by atoms with Gasteiger partial charge in [-0.1, -0.05) is 34.1 Å². The highest BCUT2D eigenvalue weighted by Gasteiger charge is 2.25. The largest absolute Gasteiger partial charge is 0.311 e. The lowest BCUT2D eigenvalue weighted by atomic mass is 10.1. The van der Waals surface area contributed by atoms with Gasteiger partial charge in [-0.15, -0.1) is 0 Å². The van der Waals surface area contributed by atoms with Crippen LogP contribution < -0.4 is 10.5 Å². The molecule has 4 rings (SSSR count). The van der Waals surface area contributed by atoms with Gasteiger partial charge in [-0.3, -0.25) is 9.59 Å². The zero-order valence-electron chi connectivity index (χ0n) is 13.7. The van der Waals surface area contributed by atoms with E-state index in [1.54, 1.807) is 13.1 Å². The average molecular weight is 398 g/mol. The Balaban J connectivity index is 1.70. The van der Waals surface area contributed by atoms with E-state index in [9.17, 15) is 9.59 Å². The van der Waals surface area contributed by atoms with Crippen molar-refractivity contribution >= 4 is 38.3 Å². The Morgan fingerprint density at radius 1 is 1.20 bits per heavy atom. The van der Waals surface area contributed by atoms with E-state index in [0.717, 1.165) is 22.0 Å². The van der Waals surface area contributed by atoms with Crippen molar-refractivity contribution in [3.63, 3.8) is 0 Å². The Morgan fingerprint density at radius 3 is 2.76 bits per heavy atom. The molecule has 6 heteroatoms. The molecule has 0 radical (unpaired) electrons. The maximum Gasteiger partial charge on any atom is 0.274 e. The molecule has 2 heterocycles.